The van der Waals surface area contributed by atoms with Gasteiger partial charge in [-0.2, -0.15) is 5.26 Å². The van der Waals surface area contributed by atoms with Crippen LogP contribution in [-0.2, 0) is 4.43 Å². The minimum atomic E-state index is -1.50. The molecule has 0 fully saturated rings. The topological polar surface area (TPSA) is 33.0 Å². The van der Waals surface area contributed by atoms with Crippen molar-refractivity contribution in [2.45, 2.75) is 32.2 Å². The second kappa shape index (κ2) is 4.32. The molecular formula is C8H15NOSi. The zero-order valence-corrected chi connectivity index (χ0v) is 8.42. The Kier molecular flexibility index (Phi) is 4.09. The first kappa shape index (κ1) is 10.4. The summed E-state index contributed by atoms with van der Waals surface area (Å²) in [4.78, 5) is 0. The van der Waals surface area contributed by atoms with Gasteiger partial charge in [0.15, 0.2) is 8.32 Å². The first-order chi connectivity index (χ1) is 4.99. The van der Waals surface area contributed by atoms with Gasteiger partial charge in [0.05, 0.1) is 18.6 Å². The Bertz CT molecular complexity index is 166. The maximum Gasteiger partial charge on any atom is 0.184 e. The molecule has 3 heteroatoms. The Labute approximate surface area is 69.6 Å². The molecule has 1 unspecified atom stereocenters. The molecule has 1 atom stereocenters. The third kappa shape index (κ3) is 5.83. The van der Waals surface area contributed by atoms with Gasteiger partial charge in [-0.05, 0) is 19.6 Å². The van der Waals surface area contributed by atoms with E-state index in [1.54, 1.807) is 6.08 Å². The molecule has 0 aliphatic rings. The van der Waals surface area contributed by atoms with Crippen LogP contribution in [0.25, 0.3) is 0 Å². The van der Waals surface area contributed by atoms with E-state index in [2.05, 4.69) is 32.3 Å². The van der Waals surface area contributed by atoms with Gasteiger partial charge in [0.1, 0.15) is 0 Å². The van der Waals surface area contributed by atoms with E-state index < -0.39 is 8.32 Å². The quantitative estimate of drug-likeness (QED) is 0.478. The van der Waals surface area contributed by atoms with Crippen molar-refractivity contribution < 1.29 is 4.43 Å². The Hall–Kier alpha value is -0.593. The van der Waals surface area contributed by atoms with E-state index in [1.807, 2.05) is 0 Å². The number of hydrogen-bond acceptors (Lipinski definition) is 2. The zero-order valence-electron chi connectivity index (χ0n) is 7.42. The van der Waals surface area contributed by atoms with Gasteiger partial charge in [-0.3, -0.25) is 0 Å². The van der Waals surface area contributed by atoms with E-state index in [1.165, 1.54) is 0 Å². The van der Waals surface area contributed by atoms with Crippen LogP contribution in [0.2, 0.25) is 19.6 Å². The first-order valence-electron chi connectivity index (χ1n) is 3.67. The Balaban J connectivity index is 3.90. The molecule has 0 spiro atoms. The lowest BCUT2D eigenvalue weighted by atomic mass is 10.3. The fourth-order valence-electron chi connectivity index (χ4n) is 0.717. The molecule has 0 saturated heterocycles. The van der Waals surface area contributed by atoms with Crippen molar-refractivity contribution in [2.24, 2.45) is 0 Å². The molecule has 0 aromatic carbocycles. The molecule has 0 radical (unpaired) electrons. The number of hydrogen-bond donors (Lipinski definition) is 0. The molecule has 0 aromatic rings. The summed E-state index contributed by atoms with van der Waals surface area (Å²) in [5.74, 6) is 0. The van der Waals surface area contributed by atoms with Crippen LogP contribution in [0.3, 0.4) is 0 Å². The molecule has 0 heterocycles. The summed E-state index contributed by atoms with van der Waals surface area (Å²) in [6, 6.07) is 2.07. The van der Waals surface area contributed by atoms with Crippen LogP contribution < -0.4 is 0 Å². The molecule has 0 bridgehead atoms. The number of nitrogens with zero attached hydrogens (tertiary/aromatic N) is 1. The summed E-state index contributed by atoms with van der Waals surface area (Å²) in [6.07, 6.45) is 2.03. The van der Waals surface area contributed by atoms with Crippen LogP contribution in [0.15, 0.2) is 12.7 Å². The van der Waals surface area contributed by atoms with E-state index in [0.717, 1.165) is 0 Å². The highest BCUT2D eigenvalue weighted by Gasteiger charge is 2.18. The van der Waals surface area contributed by atoms with Crippen molar-refractivity contribution in [2.75, 3.05) is 0 Å². The largest absolute Gasteiger partial charge is 0.410 e. The minimum Gasteiger partial charge on any atom is -0.410 e. The fourth-order valence-corrected chi connectivity index (χ4v) is 1.81. The predicted octanol–water partition coefficient (Wildman–Crippen LogP) is 2.31. The van der Waals surface area contributed by atoms with Crippen LogP contribution in [0.1, 0.15) is 6.42 Å². The van der Waals surface area contributed by atoms with Gasteiger partial charge in [0.2, 0.25) is 0 Å². The van der Waals surface area contributed by atoms with E-state index >= 15 is 0 Å². The van der Waals surface area contributed by atoms with Crippen molar-refractivity contribution in [3.63, 3.8) is 0 Å². The van der Waals surface area contributed by atoms with E-state index in [4.69, 9.17) is 9.69 Å². The minimum absolute atomic E-state index is 0.0772. The number of nitriles is 1. The summed E-state index contributed by atoms with van der Waals surface area (Å²) >= 11 is 0. The highest BCUT2D eigenvalue weighted by Crippen LogP contribution is 2.09. The maximum atomic E-state index is 8.40. The van der Waals surface area contributed by atoms with Gasteiger partial charge >= 0.3 is 0 Å². The van der Waals surface area contributed by atoms with Crippen molar-refractivity contribution in [3.05, 3.63) is 12.7 Å². The summed E-state index contributed by atoms with van der Waals surface area (Å²) in [6.45, 7) is 9.90. The molecule has 0 aliphatic heterocycles. The van der Waals surface area contributed by atoms with E-state index in [9.17, 15) is 0 Å². The third-order valence-electron chi connectivity index (χ3n) is 1.06. The van der Waals surface area contributed by atoms with Crippen molar-refractivity contribution in [3.8, 4) is 6.07 Å². The third-order valence-corrected chi connectivity index (χ3v) is 2.07. The molecule has 0 amide bonds. The highest BCUT2D eigenvalue weighted by molar-refractivity contribution is 6.69. The molecule has 62 valence electrons. The monoisotopic (exact) mass is 169 g/mol. The van der Waals surface area contributed by atoms with Crippen LogP contribution in [0.5, 0.6) is 0 Å². The van der Waals surface area contributed by atoms with Gasteiger partial charge in [0, 0.05) is 0 Å². The molecule has 0 aliphatic carbocycles. The van der Waals surface area contributed by atoms with Gasteiger partial charge in [0.25, 0.3) is 0 Å². The molecule has 0 aromatic heterocycles. The van der Waals surface area contributed by atoms with E-state index in [0.29, 0.717) is 6.42 Å². The lowest BCUT2D eigenvalue weighted by Gasteiger charge is -2.21. The Morgan fingerprint density at radius 1 is 1.64 bits per heavy atom. The molecule has 2 nitrogen and oxygen atoms in total. The van der Waals surface area contributed by atoms with Gasteiger partial charge in [-0.15, -0.1) is 6.58 Å². The maximum absolute atomic E-state index is 8.40. The van der Waals surface area contributed by atoms with Crippen LogP contribution in [-0.4, -0.2) is 14.4 Å². The molecule has 0 N–H and O–H groups in total. The lowest BCUT2D eigenvalue weighted by Crippen LogP contribution is -2.30. The predicted molar refractivity (Wildman–Crippen MR) is 48.6 cm³/mol. The van der Waals surface area contributed by atoms with E-state index in [-0.39, 0.29) is 6.10 Å². The highest BCUT2D eigenvalue weighted by atomic mass is 28.4. The van der Waals surface area contributed by atoms with Gasteiger partial charge in [-0.1, -0.05) is 6.08 Å². The normalized spacial score (nSPS) is 13.6. The van der Waals surface area contributed by atoms with Crippen molar-refractivity contribution in [1.82, 2.24) is 0 Å². The average molecular weight is 169 g/mol. The summed E-state index contributed by atoms with van der Waals surface area (Å²) in [7, 11) is -1.50. The average Bonchev–Trinajstić information content (AvgIpc) is 1.84. The summed E-state index contributed by atoms with van der Waals surface area (Å²) in [5.41, 5.74) is 0. The van der Waals surface area contributed by atoms with Crippen LogP contribution >= 0.6 is 0 Å². The SMILES string of the molecule is C=CC(CC#N)O[Si](C)(C)C. The molecule has 11 heavy (non-hydrogen) atoms. The Morgan fingerprint density at radius 2 is 2.18 bits per heavy atom. The number of rotatable bonds is 4. The van der Waals surface area contributed by atoms with Crippen molar-refractivity contribution in [1.29, 1.82) is 5.26 Å². The molecule has 0 saturated carbocycles. The fraction of sp³-hybridized carbons (Fsp3) is 0.625. The summed E-state index contributed by atoms with van der Waals surface area (Å²) < 4.78 is 5.63. The summed E-state index contributed by atoms with van der Waals surface area (Å²) in [5, 5.41) is 8.40. The molecular weight excluding hydrogens is 154 g/mol. The van der Waals surface area contributed by atoms with Gasteiger partial charge < -0.3 is 4.43 Å². The first-order valence-corrected chi connectivity index (χ1v) is 7.08. The van der Waals surface area contributed by atoms with Crippen LogP contribution in [0, 0.1) is 11.3 Å². The second-order valence-electron chi connectivity index (χ2n) is 3.37. The smallest absolute Gasteiger partial charge is 0.184 e. The van der Waals surface area contributed by atoms with Crippen LogP contribution in [0.4, 0.5) is 0 Å². The zero-order chi connectivity index (χ0) is 8.91. The van der Waals surface area contributed by atoms with Gasteiger partial charge in [-0.25, -0.2) is 0 Å². The van der Waals surface area contributed by atoms with Crippen molar-refractivity contribution >= 4 is 8.32 Å². The Morgan fingerprint density at radius 3 is 2.45 bits per heavy atom. The lowest BCUT2D eigenvalue weighted by molar-refractivity contribution is 0.248. The second-order valence-corrected chi connectivity index (χ2v) is 7.83. The molecule has 0 rings (SSSR count). The standard InChI is InChI=1S/C8H15NOSi/c1-5-8(6-7-9)10-11(2,3)4/h5,8H,1,6H2,2-4H3.